The van der Waals surface area contributed by atoms with Crippen LogP contribution in [0.5, 0.6) is 11.5 Å². The summed E-state index contributed by atoms with van der Waals surface area (Å²) in [4.78, 5) is 24.6. The first-order valence-electron chi connectivity index (χ1n) is 8.32. The lowest BCUT2D eigenvalue weighted by atomic mass is 10.1. The first-order valence-corrected chi connectivity index (χ1v) is 8.70. The lowest BCUT2D eigenvalue weighted by Crippen LogP contribution is -2.27. The predicted octanol–water partition coefficient (Wildman–Crippen LogP) is 4.81. The van der Waals surface area contributed by atoms with E-state index in [2.05, 4.69) is 10.6 Å². The van der Waals surface area contributed by atoms with Gasteiger partial charge >= 0.3 is 6.09 Å². The van der Waals surface area contributed by atoms with Gasteiger partial charge in [0.05, 0.1) is 16.4 Å². The van der Waals surface area contributed by atoms with Crippen molar-refractivity contribution in [1.82, 2.24) is 0 Å². The molecule has 0 bridgehead atoms. The Kier molecular flexibility index (Phi) is 5.33. The minimum Gasteiger partial charge on any atom is -0.454 e. The second-order valence-electron chi connectivity index (χ2n) is 6.96. The lowest BCUT2D eigenvalue weighted by Gasteiger charge is -2.20. The number of rotatable bonds is 3. The maximum atomic E-state index is 13.7. The molecule has 0 saturated carbocycles. The number of amides is 2. The Labute approximate surface area is 165 Å². The van der Waals surface area contributed by atoms with E-state index < -0.39 is 23.4 Å². The number of halogens is 2. The molecule has 2 amide bonds. The molecule has 0 radical (unpaired) electrons. The van der Waals surface area contributed by atoms with E-state index in [0.29, 0.717) is 11.5 Å². The van der Waals surface area contributed by atoms with E-state index in [1.807, 2.05) is 0 Å². The third kappa shape index (κ3) is 4.64. The highest BCUT2D eigenvalue weighted by atomic mass is 35.5. The van der Waals surface area contributed by atoms with E-state index in [1.165, 1.54) is 18.2 Å². The summed E-state index contributed by atoms with van der Waals surface area (Å²) in [7, 11) is 0. The number of hydrogen-bond donors (Lipinski definition) is 2. The molecule has 0 fully saturated rings. The number of fused-ring (bicyclic) bond motifs is 1. The second-order valence-corrected chi connectivity index (χ2v) is 7.37. The predicted molar refractivity (Wildman–Crippen MR) is 102 cm³/mol. The molecule has 3 rings (SSSR count). The minimum absolute atomic E-state index is 0.00792. The Morgan fingerprint density at radius 3 is 2.57 bits per heavy atom. The van der Waals surface area contributed by atoms with Crippen LogP contribution in [0.1, 0.15) is 31.1 Å². The SMILES string of the molecule is CC(C)(C)OC(=O)Nc1ccc(F)cc1NC(=O)c1cc(Cl)c2c(c1)OCO2. The van der Waals surface area contributed by atoms with Crippen molar-refractivity contribution in [3.05, 3.63) is 46.7 Å². The van der Waals surface area contributed by atoms with Gasteiger partial charge in [0, 0.05) is 5.56 Å². The van der Waals surface area contributed by atoms with Crippen LogP contribution >= 0.6 is 11.6 Å². The molecule has 2 aromatic carbocycles. The molecular formula is C19H18ClFN2O5. The van der Waals surface area contributed by atoms with Crippen molar-refractivity contribution in [1.29, 1.82) is 0 Å². The standard InChI is InChI=1S/C19H18ClFN2O5/c1-19(2,3)28-18(25)23-13-5-4-11(21)8-14(13)22-17(24)10-6-12(20)16-15(7-10)26-9-27-16/h4-8H,9H2,1-3H3,(H,22,24)(H,23,25). The molecule has 0 aliphatic carbocycles. The van der Waals surface area contributed by atoms with Gasteiger partial charge in [-0.15, -0.1) is 0 Å². The van der Waals surface area contributed by atoms with Crippen molar-refractivity contribution in [2.75, 3.05) is 17.4 Å². The average Bonchev–Trinajstić information content (AvgIpc) is 3.04. The fourth-order valence-corrected chi connectivity index (χ4v) is 2.70. The summed E-state index contributed by atoms with van der Waals surface area (Å²) in [5.41, 5.74) is -0.293. The van der Waals surface area contributed by atoms with Crippen molar-refractivity contribution < 1.29 is 28.2 Å². The molecule has 0 unspecified atom stereocenters. The molecule has 9 heteroatoms. The van der Waals surface area contributed by atoms with Crippen LogP contribution in [0.3, 0.4) is 0 Å². The number of hydrogen-bond acceptors (Lipinski definition) is 5. The van der Waals surface area contributed by atoms with Gasteiger partial charge in [0.25, 0.3) is 5.91 Å². The summed E-state index contributed by atoms with van der Waals surface area (Å²) < 4.78 is 29.3. The maximum absolute atomic E-state index is 13.7. The third-order valence-electron chi connectivity index (χ3n) is 3.55. The summed E-state index contributed by atoms with van der Waals surface area (Å²) in [6.07, 6.45) is -0.735. The van der Waals surface area contributed by atoms with Gasteiger partial charge in [0.15, 0.2) is 11.5 Å². The number of ether oxygens (including phenoxy) is 3. The topological polar surface area (TPSA) is 85.9 Å². The zero-order valence-corrected chi connectivity index (χ0v) is 16.1. The molecule has 2 N–H and O–H groups in total. The van der Waals surface area contributed by atoms with Crippen LogP contribution in [0.2, 0.25) is 5.02 Å². The number of carbonyl (C=O) groups excluding carboxylic acids is 2. The van der Waals surface area contributed by atoms with Crippen LogP contribution in [0, 0.1) is 5.82 Å². The molecule has 1 aliphatic rings. The molecule has 0 spiro atoms. The van der Waals surface area contributed by atoms with Crippen molar-refractivity contribution >= 4 is 35.0 Å². The van der Waals surface area contributed by atoms with Crippen LogP contribution < -0.4 is 20.1 Å². The van der Waals surface area contributed by atoms with Gasteiger partial charge in [-0.3, -0.25) is 10.1 Å². The zero-order valence-electron chi connectivity index (χ0n) is 15.4. The van der Waals surface area contributed by atoms with E-state index >= 15 is 0 Å². The normalized spacial score (nSPS) is 12.5. The quantitative estimate of drug-likeness (QED) is 0.761. The molecule has 2 aromatic rings. The van der Waals surface area contributed by atoms with Gasteiger partial charge in [-0.25, -0.2) is 9.18 Å². The van der Waals surface area contributed by atoms with Crippen molar-refractivity contribution in [2.45, 2.75) is 26.4 Å². The Hall–Kier alpha value is -3.00. The number of carbonyl (C=O) groups is 2. The van der Waals surface area contributed by atoms with Crippen LogP contribution in [0.15, 0.2) is 30.3 Å². The average molecular weight is 409 g/mol. The highest BCUT2D eigenvalue weighted by Crippen LogP contribution is 2.40. The molecule has 148 valence electrons. The summed E-state index contributed by atoms with van der Waals surface area (Å²) in [6, 6.07) is 6.43. The van der Waals surface area contributed by atoms with E-state index in [-0.39, 0.29) is 28.8 Å². The van der Waals surface area contributed by atoms with E-state index in [1.54, 1.807) is 20.8 Å². The van der Waals surface area contributed by atoms with Gasteiger partial charge in [-0.1, -0.05) is 11.6 Å². The van der Waals surface area contributed by atoms with Crippen LogP contribution in [-0.4, -0.2) is 24.4 Å². The Balaban J connectivity index is 1.82. The molecule has 0 atom stereocenters. The summed E-state index contributed by atoms with van der Waals surface area (Å²) in [5.74, 6) is -0.466. The number of nitrogens with one attached hydrogen (secondary N) is 2. The van der Waals surface area contributed by atoms with E-state index in [4.69, 9.17) is 25.8 Å². The zero-order chi connectivity index (χ0) is 20.5. The van der Waals surface area contributed by atoms with Crippen LogP contribution in [-0.2, 0) is 4.74 Å². The molecule has 1 aliphatic heterocycles. The van der Waals surface area contributed by atoms with Crippen molar-refractivity contribution in [3.8, 4) is 11.5 Å². The summed E-state index contributed by atoms with van der Waals surface area (Å²) in [5, 5.41) is 5.26. The van der Waals surface area contributed by atoms with Crippen LogP contribution in [0.25, 0.3) is 0 Å². The summed E-state index contributed by atoms with van der Waals surface area (Å²) in [6.45, 7) is 5.14. The minimum atomic E-state index is -0.735. The van der Waals surface area contributed by atoms with Crippen molar-refractivity contribution in [2.24, 2.45) is 0 Å². The number of anilines is 2. The largest absolute Gasteiger partial charge is 0.454 e. The molecule has 28 heavy (non-hydrogen) atoms. The lowest BCUT2D eigenvalue weighted by molar-refractivity contribution is 0.0635. The van der Waals surface area contributed by atoms with Gasteiger partial charge < -0.3 is 19.5 Å². The van der Waals surface area contributed by atoms with Crippen LogP contribution in [0.4, 0.5) is 20.6 Å². The fourth-order valence-electron chi connectivity index (χ4n) is 2.44. The monoisotopic (exact) mass is 408 g/mol. The fraction of sp³-hybridized carbons (Fsp3) is 0.263. The second kappa shape index (κ2) is 7.55. The number of benzene rings is 2. The molecule has 7 nitrogen and oxygen atoms in total. The van der Waals surface area contributed by atoms with Gasteiger partial charge in [0.2, 0.25) is 6.79 Å². The molecular weight excluding hydrogens is 391 g/mol. The Morgan fingerprint density at radius 2 is 1.86 bits per heavy atom. The van der Waals surface area contributed by atoms with Crippen molar-refractivity contribution in [3.63, 3.8) is 0 Å². The Bertz CT molecular complexity index is 943. The maximum Gasteiger partial charge on any atom is 0.412 e. The molecule has 0 saturated heterocycles. The third-order valence-corrected chi connectivity index (χ3v) is 3.84. The van der Waals surface area contributed by atoms with Gasteiger partial charge in [-0.2, -0.15) is 0 Å². The highest BCUT2D eigenvalue weighted by Gasteiger charge is 2.22. The molecule has 0 aromatic heterocycles. The smallest absolute Gasteiger partial charge is 0.412 e. The van der Waals surface area contributed by atoms with E-state index in [9.17, 15) is 14.0 Å². The Morgan fingerprint density at radius 1 is 1.11 bits per heavy atom. The van der Waals surface area contributed by atoms with Gasteiger partial charge in [-0.05, 0) is 51.1 Å². The van der Waals surface area contributed by atoms with Gasteiger partial charge in [0.1, 0.15) is 11.4 Å². The first kappa shape index (κ1) is 19.8. The van der Waals surface area contributed by atoms with E-state index in [0.717, 1.165) is 12.1 Å². The molecule has 1 heterocycles. The highest BCUT2D eigenvalue weighted by molar-refractivity contribution is 6.33. The first-order chi connectivity index (χ1) is 13.1. The summed E-state index contributed by atoms with van der Waals surface area (Å²) >= 11 is 6.09.